The van der Waals surface area contributed by atoms with Gasteiger partial charge in [0.15, 0.2) is 0 Å². The number of amides is 2. The second kappa shape index (κ2) is 6.22. The van der Waals surface area contributed by atoms with Crippen molar-refractivity contribution < 1.29 is 14.3 Å². The normalized spacial score (nSPS) is 15.0. The number of anilines is 1. The first-order chi connectivity index (χ1) is 9.22. The van der Waals surface area contributed by atoms with Crippen LogP contribution in [0.5, 0.6) is 0 Å². The van der Waals surface area contributed by atoms with Gasteiger partial charge in [0.05, 0.1) is 6.61 Å². The van der Waals surface area contributed by atoms with Gasteiger partial charge in [-0.1, -0.05) is 18.2 Å². The van der Waals surface area contributed by atoms with Crippen molar-refractivity contribution in [2.45, 2.75) is 13.3 Å². The van der Waals surface area contributed by atoms with Crippen LogP contribution in [0.4, 0.5) is 10.5 Å². The summed E-state index contributed by atoms with van der Waals surface area (Å²) in [5.74, 6) is -0.0902. The number of rotatable bonds is 4. The van der Waals surface area contributed by atoms with Crippen molar-refractivity contribution in [1.29, 1.82) is 0 Å². The van der Waals surface area contributed by atoms with Crippen LogP contribution < -0.4 is 4.90 Å². The van der Waals surface area contributed by atoms with Crippen molar-refractivity contribution in [1.82, 2.24) is 4.90 Å². The lowest BCUT2D eigenvalue weighted by Crippen LogP contribution is -2.45. The van der Waals surface area contributed by atoms with Gasteiger partial charge >= 0.3 is 6.09 Å². The summed E-state index contributed by atoms with van der Waals surface area (Å²) < 4.78 is 4.93. The van der Waals surface area contributed by atoms with E-state index in [9.17, 15) is 9.59 Å². The number of hydrogen-bond donors (Lipinski definition) is 0. The molecule has 1 fully saturated rings. The zero-order valence-electron chi connectivity index (χ0n) is 11.0. The highest BCUT2D eigenvalue weighted by Crippen LogP contribution is 2.14. The van der Waals surface area contributed by atoms with Gasteiger partial charge in [0, 0.05) is 18.8 Å². The molecule has 0 aliphatic carbocycles. The summed E-state index contributed by atoms with van der Waals surface area (Å²) in [6, 6.07) is 9.45. The van der Waals surface area contributed by atoms with Crippen molar-refractivity contribution in [2.75, 3.05) is 31.1 Å². The second-order valence-corrected chi connectivity index (χ2v) is 4.36. The third-order valence-electron chi connectivity index (χ3n) is 3.07. The Labute approximate surface area is 112 Å². The molecule has 1 aliphatic heterocycles. The fraction of sp³-hybridized carbons (Fsp3) is 0.429. The SMILES string of the molecule is CCN(C(=O)CN1CCCOC1=O)c1ccccc1. The van der Waals surface area contributed by atoms with Crippen molar-refractivity contribution in [3.8, 4) is 0 Å². The molecule has 19 heavy (non-hydrogen) atoms. The molecule has 0 spiro atoms. The predicted octanol–water partition coefficient (Wildman–Crippen LogP) is 1.88. The number of ether oxygens (including phenoxy) is 1. The molecule has 0 saturated carbocycles. The highest BCUT2D eigenvalue weighted by molar-refractivity contribution is 5.96. The van der Waals surface area contributed by atoms with E-state index in [4.69, 9.17) is 4.74 Å². The van der Waals surface area contributed by atoms with E-state index >= 15 is 0 Å². The lowest BCUT2D eigenvalue weighted by molar-refractivity contribution is -0.119. The topological polar surface area (TPSA) is 49.9 Å². The number of cyclic esters (lactones) is 1. The maximum Gasteiger partial charge on any atom is 0.410 e. The minimum atomic E-state index is -0.399. The molecule has 2 amide bonds. The van der Waals surface area contributed by atoms with Gasteiger partial charge in [0.1, 0.15) is 6.54 Å². The molecule has 0 aromatic heterocycles. The Kier molecular flexibility index (Phi) is 4.39. The second-order valence-electron chi connectivity index (χ2n) is 4.36. The number of likely N-dealkylation sites (N-methyl/N-ethyl adjacent to an activating group) is 1. The molecule has 0 N–H and O–H groups in total. The zero-order chi connectivity index (χ0) is 13.7. The summed E-state index contributed by atoms with van der Waals surface area (Å²) in [6.45, 7) is 3.59. The number of nitrogens with zero attached hydrogens (tertiary/aromatic N) is 2. The van der Waals surface area contributed by atoms with Gasteiger partial charge in [0.25, 0.3) is 0 Å². The molecule has 1 saturated heterocycles. The van der Waals surface area contributed by atoms with Gasteiger partial charge in [-0.15, -0.1) is 0 Å². The molecule has 2 rings (SSSR count). The molecule has 0 radical (unpaired) electrons. The van der Waals surface area contributed by atoms with E-state index in [1.807, 2.05) is 37.3 Å². The van der Waals surface area contributed by atoms with Crippen LogP contribution in [0, 0.1) is 0 Å². The molecule has 0 atom stereocenters. The van der Waals surface area contributed by atoms with Crippen LogP contribution in [0.2, 0.25) is 0 Å². The number of carbonyl (C=O) groups excluding carboxylic acids is 2. The van der Waals surface area contributed by atoms with E-state index in [0.717, 1.165) is 12.1 Å². The molecule has 102 valence electrons. The molecule has 0 unspecified atom stereocenters. The summed E-state index contributed by atoms with van der Waals surface area (Å²) in [5, 5.41) is 0. The molecule has 1 aliphatic rings. The molecule has 1 heterocycles. The maximum absolute atomic E-state index is 12.3. The third kappa shape index (κ3) is 3.24. The van der Waals surface area contributed by atoms with Crippen LogP contribution >= 0.6 is 0 Å². The molecular weight excluding hydrogens is 244 g/mol. The highest BCUT2D eigenvalue weighted by atomic mass is 16.6. The predicted molar refractivity (Wildman–Crippen MR) is 72.0 cm³/mol. The Morgan fingerprint density at radius 1 is 1.37 bits per heavy atom. The lowest BCUT2D eigenvalue weighted by atomic mass is 10.2. The van der Waals surface area contributed by atoms with Crippen molar-refractivity contribution in [2.24, 2.45) is 0 Å². The van der Waals surface area contributed by atoms with Gasteiger partial charge in [0.2, 0.25) is 5.91 Å². The van der Waals surface area contributed by atoms with Crippen LogP contribution in [-0.4, -0.2) is 43.1 Å². The van der Waals surface area contributed by atoms with Gasteiger partial charge in [-0.3, -0.25) is 9.69 Å². The molecule has 5 heteroatoms. The molecule has 0 bridgehead atoms. The lowest BCUT2D eigenvalue weighted by Gasteiger charge is -2.28. The molecule has 1 aromatic carbocycles. The van der Waals surface area contributed by atoms with Crippen molar-refractivity contribution in [3.63, 3.8) is 0 Å². The van der Waals surface area contributed by atoms with Crippen LogP contribution in [-0.2, 0) is 9.53 Å². The zero-order valence-corrected chi connectivity index (χ0v) is 11.0. The first-order valence-electron chi connectivity index (χ1n) is 6.49. The van der Waals surface area contributed by atoms with E-state index in [-0.39, 0.29) is 12.5 Å². The first-order valence-corrected chi connectivity index (χ1v) is 6.49. The minimum absolute atomic E-state index is 0.0710. The summed E-state index contributed by atoms with van der Waals surface area (Å²) in [6.07, 6.45) is 0.375. The van der Waals surface area contributed by atoms with Gasteiger partial charge in [-0.2, -0.15) is 0 Å². The largest absolute Gasteiger partial charge is 0.449 e. The number of hydrogen-bond acceptors (Lipinski definition) is 3. The van der Waals surface area contributed by atoms with E-state index in [2.05, 4.69) is 0 Å². The maximum atomic E-state index is 12.3. The molecular formula is C14H18N2O3. The number of para-hydroxylation sites is 1. The summed E-state index contributed by atoms with van der Waals surface area (Å²) in [4.78, 5) is 26.9. The fourth-order valence-corrected chi connectivity index (χ4v) is 2.10. The average Bonchev–Trinajstić information content (AvgIpc) is 2.43. The summed E-state index contributed by atoms with van der Waals surface area (Å²) in [5.41, 5.74) is 0.848. The van der Waals surface area contributed by atoms with E-state index in [1.165, 1.54) is 4.90 Å². The third-order valence-corrected chi connectivity index (χ3v) is 3.07. The molecule has 5 nitrogen and oxygen atoms in total. The Hall–Kier alpha value is -2.04. The minimum Gasteiger partial charge on any atom is -0.449 e. The van der Waals surface area contributed by atoms with Crippen LogP contribution in [0.3, 0.4) is 0 Å². The van der Waals surface area contributed by atoms with E-state index in [1.54, 1.807) is 4.90 Å². The Bertz CT molecular complexity index is 447. The van der Waals surface area contributed by atoms with Crippen LogP contribution in [0.1, 0.15) is 13.3 Å². The Balaban J connectivity index is 2.03. The smallest absolute Gasteiger partial charge is 0.410 e. The van der Waals surface area contributed by atoms with Crippen LogP contribution in [0.15, 0.2) is 30.3 Å². The van der Waals surface area contributed by atoms with Crippen molar-refractivity contribution >= 4 is 17.7 Å². The van der Waals surface area contributed by atoms with Gasteiger partial charge in [-0.05, 0) is 25.5 Å². The number of carbonyl (C=O) groups is 2. The monoisotopic (exact) mass is 262 g/mol. The van der Waals surface area contributed by atoms with Gasteiger partial charge in [-0.25, -0.2) is 4.79 Å². The van der Waals surface area contributed by atoms with Gasteiger partial charge < -0.3 is 9.64 Å². The molecule has 1 aromatic rings. The highest BCUT2D eigenvalue weighted by Gasteiger charge is 2.24. The standard InChI is InChI=1S/C14H18N2O3/c1-2-16(12-7-4-3-5-8-12)13(17)11-15-9-6-10-19-14(15)18/h3-5,7-8H,2,6,9-11H2,1H3. The number of benzene rings is 1. The van der Waals surface area contributed by atoms with E-state index < -0.39 is 6.09 Å². The van der Waals surface area contributed by atoms with Crippen LogP contribution in [0.25, 0.3) is 0 Å². The van der Waals surface area contributed by atoms with Crippen molar-refractivity contribution in [3.05, 3.63) is 30.3 Å². The summed E-state index contributed by atoms with van der Waals surface area (Å²) >= 11 is 0. The average molecular weight is 262 g/mol. The Morgan fingerprint density at radius 3 is 2.74 bits per heavy atom. The van der Waals surface area contributed by atoms with E-state index in [0.29, 0.717) is 19.7 Å². The Morgan fingerprint density at radius 2 is 2.11 bits per heavy atom. The quantitative estimate of drug-likeness (QED) is 0.832. The summed E-state index contributed by atoms with van der Waals surface area (Å²) in [7, 11) is 0. The first kappa shape index (κ1) is 13.4. The fourth-order valence-electron chi connectivity index (χ4n) is 2.10.